The molecule has 2 N–H and O–H groups in total. The number of aliphatic imine (C=N–C) groups is 1. The van der Waals surface area contributed by atoms with Crippen LogP contribution in [0.2, 0.25) is 0 Å². The highest BCUT2D eigenvalue weighted by Crippen LogP contribution is 2.18. The fraction of sp³-hybridized carbons (Fsp3) is 0.611. The molecule has 0 spiro atoms. The van der Waals surface area contributed by atoms with Crippen molar-refractivity contribution in [3.8, 4) is 5.75 Å². The summed E-state index contributed by atoms with van der Waals surface area (Å²) in [5.74, 6) is 1.78. The number of rotatable bonds is 6. The highest BCUT2D eigenvalue weighted by molar-refractivity contribution is 5.79. The van der Waals surface area contributed by atoms with Gasteiger partial charge in [-0.15, -0.1) is 0 Å². The van der Waals surface area contributed by atoms with Gasteiger partial charge >= 0.3 is 0 Å². The van der Waals surface area contributed by atoms with Crippen molar-refractivity contribution in [3.63, 3.8) is 0 Å². The van der Waals surface area contributed by atoms with Crippen molar-refractivity contribution in [2.45, 2.75) is 32.7 Å². The average Bonchev–Trinajstić information content (AvgIpc) is 2.60. The second kappa shape index (κ2) is 9.40. The fourth-order valence-corrected chi connectivity index (χ4v) is 2.90. The van der Waals surface area contributed by atoms with Gasteiger partial charge in [0.15, 0.2) is 5.96 Å². The molecule has 0 bridgehead atoms. The van der Waals surface area contributed by atoms with Gasteiger partial charge in [-0.1, -0.05) is 18.6 Å². The zero-order valence-electron chi connectivity index (χ0n) is 14.7. The number of methoxy groups -OCH3 is 1. The molecule has 1 heterocycles. The Morgan fingerprint density at radius 3 is 2.70 bits per heavy atom. The molecule has 0 atom stereocenters. The molecular formula is C18H30N4O. The monoisotopic (exact) mass is 318 g/mol. The molecule has 1 aliphatic rings. The second-order valence-corrected chi connectivity index (χ2v) is 6.06. The van der Waals surface area contributed by atoms with E-state index in [1.807, 2.05) is 7.05 Å². The lowest BCUT2D eigenvalue weighted by Gasteiger charge is -2.26. The number of hydrogen-bond donors (Lipinski definition) is 2. The van der Waals surface area contributed by atoms with E-state index in [1.54, 1.807) is 7.11 Å². The number of hydrogen-bond acceptors (Lipinski definition) is 3. The molecule has 5 nitrogen and oxygen atoms in total. The molecule has 0 radical (unpaired) electrons. The van der Waals surface area contributed by atoms with Crippen molar-refractivity contribution < 1.29 is 4.74 Å². The zero-order chi connectivity index (χ0) is 16.5. The van der Waals surface area contributed by atoms with E-state index in [-0.39, 0.29) is 0 Å². The van der Waals surface area contributed by atoms with Crippen LogP contribution >= 0.6 is 0 Å². The maximum atomic E-state index is 5.37. The van der Waals surface area contributed by atoms with E-state index in [0.29, 0.717) is 0 Å². The molecule has 0 saturated carbocycles. The van der Waals surface area contributed by atoms with Crippen LogP contribution in [0.15, 0.2) is 23.2 Å². The van der Waals surface area contributed by atoms with E-state index in [9.17, 15) is 0 Å². The maximum absolute atomic E-state index is 5.37. The lowest BCUT2D eigenvalue weighted by Crippen LogP contribution is -2.42. The van der Waals surface area contributed by atoms with E-state index in [4.69, 9.17) is 4.74 Å². The Labute approximate surface area is 140 Å². The molecule has 1 aliphatic heterocycles. The van der Waals surface area contributed by atoms with Crippen LogP contribution in [0.5, 0.6) is 5.75 Å². The van der Waals surface area contributed by atoms with Crippen molar-refractivity contribution in [3.05, 3.63) is 29.3 Å². The Bertz CT molecular complexity index is 510. The molecule has 1 aromatic rings. The van der Waals surface area contributed by atoms with E-state index >= 15 is 0 Å². The van der Waals surface area contributed by atoms with Crippen LogP contribution in [0.1, 0.15) is 30.4 Å². The summed E-state index contributed by atoms with van der Waals surface area (Å²) in [5, 5.41) is 6.75. The normalized spacial score (nSPS) is 16.2. The number of piperidine rings is 1. The van der Waals surface area contributed by atoms with Crippen LogP contribution in [0, 0.1) is 6.92 Å². The van der Waals surface area contributed by atoms with Crippen molar-refractivity contribution in [1.82, 2.24) is 15.5 Å². The van der Waals surface area contributed by atoms with E-state index < -0.39 is 0 Å². The van der Waals surface area contributed by atoms with Crippen molar-refractivity contribution >= 4 is 5.96 Å². The van der Waals surface area contributed by atoms with Gasteiger partial charge in [-0.05, 0) is 50.0 Å². The minimum Gasteiger partial charge on any atom is -0.496 e. The third kappa shape index (κ3) is 5.75. The summed E-state index contributed by atoms with van der Waals surface area (Å²) in [7, 11) is 3.52. The first-order valence-corrected chi connectivity index (χ1v) is 8.53. The summed E-state index contributed by atoms with van der Waals surface area (Å²) >= 11 is 0. The fourth-order valence-electron chi connectivity index (χ4n) is 2.90. The Hall–Kier alpha value is -1.75. The Balaban J connectivity index is 1.74. The topological polar surface area (TPSA) is 48.9 Å². The second-order valence-electron chi connectivity index (χ2n) is 6.06. The molecule has 1 saturated heterocycles. The van der Waals surface area contributed by atoms with Crippen molar-refractivity contribution in [2.75, 3.05) is 40.3 Å². The first kappa shape index (κ1) is 17.6. The predicted octanol–water partition coefficient (Wildman–Crippen LogP) is 2.15. The first-order chi connectivity index (χ1) is 11.2. The van der Waals surface area contributed by atoms with Gasteiger partial charge in [0.2, 0.25) is 0 Å². The first-order valence-electron chi connectivity index (χ1n) is 8.53. The molecule has 23 heavy (non-hydrogen) atoms. The highest BCUT2D eigenvalue weighted by atomic mass is 16.5. The molecule has 128 valence electrons. The summed E-state index contributed by atoms with van der Waals surface area (Å²) in [6, 6.07) is 6.28. The van der Waals surface area contributed by atoms with E-state index in [0.717, 1.165) is 36.9 Å². The number of ether oxygens (including phenoxy) is 1. The molecule has 0 aliphatic carbocycles. The van der Waals surface area contributed by atoms with Gasteiger partial charge in [0.1, 0.15) is 5.75 Å². The number of likely N-dealkylation sites (tertiary alicyclic amines) is 1. The summed E-state index contributed by atoms with van der Waals surface area (Å²) in [5.41, 5.74) is 2.34. The molecule has 2 rings (SSSR count). The molecular weight excluding hydrogens is 288 g/mol. The molecule has 0 amide bonds. The van der Waals surface area contributed by atoms with Crippen LogP contribution < -0.4 is 15.4 Å². The van der Waals surface area contributed by atoms with E-state index in [1.165, 1.54) is 37.9 Å². The van der Waals surface area contributed by atoms with Crippen LogP contribution in [0.4, 0.5) is 0 Å². The van der Waals surface area contributed by atoms with Gasteiger partial charge in [-0.3, -0.25) is 4.99 Å². The van der Waals surface area contributed by atoms with Gasteiger partial charge in [0.25, 0.3) is 0 Å². The quantitative estimate of drug-likeness (QED) is 0.623. The van der Waals surface area contributed by atoms with Gasteiger partial charge in [0.05, 0.1) is 7.11 Å². The zero-order valence-corrected chi connectivity index (χ0v) is 14.7. The molecule has 1 fully saturated rings. The van der Waals surface area contributed by atoms with E-state index in [2.05, 4.69) is 45.6 Å². The van der Waals surface area contributed by atoms with Gasteiger partial charge in [0, 0.05) is 26.7 Å². The highest BCUT2D eigenvalue weighted by Gasteiger charge is 2.09. The van der Waals surface area contributed by atoms with Gasteiger partial charge in [-0.2, -0.15) is 0 Å². The number of nitrogens with zero attached hydrogens (tertiary/aromatic N) is 2. The molecule has 0 aromatic heterocycles. The lowest BCUT2D eigenvalue weighted by atomic mass is 10.1. The maximum Gasteiger partial charge on any atom is 0.191 e. The number of benzene rings is 1. The van der Waals surface area contributed by atoms with Crippen molar-refractivity contribution in [1.29, 1.82) is 0 Å². The third-order valence-corrected chi connectivity index (χ3v) is 4.33. The standard InChI is InChI=1S/C18H30N4O/c1-15-7-8-16(13-17(15)23-3)14-21-18(19-2)20-9-12-22-10-5-4-6-11-22/h7-8,13H,4-6,9-12,14H2,1-3H3,(H2,19,20,21). The van der Waals surface area contributed by atoms with Gasteiger partial charge < -0.3 is 20.3 Å². The molecule has 0 unspecified atom stereocenters. The smallest absolute Gasteiger partial charge is 0.191 e. The van der Waals surface area contributed by atoms with Crippen LogP contribution in [0.3, 0.4) is 0 Å². The van der Waals surface area contributed by atoms with Crippen LogP contribution in [-0.4, -0.2) is 51.2 Å². The van der Waals surface area contributed by atoms with Gasteiger partial charge in [-0.25, -0.2) is 0 Å². The summed E-state index contributed by atoms with van der Waals surface area (Å²) in [6.07, 6.45) is 4.05. The van der Waals surface area contributed by atoms with Crippen LogP contribution in [0.25, 0.3) is 0 Å². The third-order valence-electron chi connectivity index (χ3n) is 4.33. The number of aryl methyl sites for hydroxylation is 1. The summed E-state index contributed by atoms with van der Waals surface area (Å²) in [6.45, 7) is 7.26. The molecule has 5 heteroatoms. The minimum atomic E-state index is 0.736. The Morgan fingerprint density at radius 2 is 2.00 bits per heavy atom. The average molecular weight is 318 g/mol. The minimum absolute atomic E-state index is 0.736. The van der Waals surface area contributed by atoms with Crippen LogP contribution in [-0.2, 0) is 6.54 Å². The SMILES string of the molecule is CN=C(NCCN1CCCCC1)NCc1ccc(C)c(OC)c1. The molecule has 1 aromatic carbocycles. The summed E-state index contributed by atoms with van der Waals surface area (Å²) in [4.78, 5) is 6.81. The number of nitrogens with one attached hydrogen (secondary N) is 2. The Kier molecular flexibility index (Phi) is 7.20. The van der Waals surface area contributed by atoms with Crippen molar-refractivity contribution in [2.24, 2.45) is 4.99 Å². The lowest BCUT2D eigenvalue weighted by molar-refractivity contribution is 0.232. The predicted molar refractivity (Wildman–Crippen MR) is 96.2 cm³/mol. The summed E-state index contributed by atoms with van der Waals surface area (Å²) < 4.78 is 5.37. The Morgan fingerprint density at radius 1 is 1.22 bits per heavy atom. The number of guanidine groups is 1. The largest absolute Gasteiger partial charge is 0.496 e.